The fourth-order valence-corrected chi connectivity index (χ4v) is 2.68. The summed E-state index contributed by atoms with van der Waals surface area (Å²) in [5, 5.41) is 2.84. The van der Waals surface area contributed by atoms with E-state index in [0.717, 1.165) is 11.3 Å². The van der Waals surface area contributed by atoms with Crippen molar-refractivity contribution < 1.29 is 14.3 Å². The zero-order valence-corrected chi connectivity index (χ0v) is 16.0. The van der Waals surface area contributed by atoms with E-state index in [0.29, 0.717) is 18.0 Å². The van der Waals surface area contributed by atoms with E-state index in [1.165, 1.54) is 0 Å². The zero-order valence-electron chi connectivity index (χ0n) is 16.0. The highest BCUT2D eigenvalue weighted by Crippen LogP contribution is 2.29. The van der Waals surface area contributed by atoms with Crippen LogP contribution in [-0.4, -0.2) is 25.5 Å². The molecule has 0 aromatic heterocycles. The van der Waals surface area contributed by atoms with Gasteiger partial charge in [0, 0.05) is 12.2 Å². The monoisotopic (exact) mass is 354 g/mol. The van der Waals surface area contributed by atoms with E-state index in [1.54, 1.807) is 31.9 Å². The van der Waals surface area contributed by atoms with Crippen molar-refractivity contribution in [2.75, 3.05) is 23.9 Å². The van der Waals surface area contributed by atoms with Gasteiger partial charge in [0.2, 0.25) is 11.8 Å². The van der Waals surface area contributed by atoms with E-state index in [1.807, 2.05) is 56.3 Å². The van der Waals surface area contributed by atoms with Gasteiger partial charge in [0.15, 0.2) is 0 Å². The van der Waals surface area contributed by atoms with E-state index in [4.69, 9.17) is 4.74 Å². The van der Waals surface area contributed by atoms with Crippen LogP contribution in [0.15, 0.2) is 48.5 Å². The van der Waals surface area contributed by atoms with Crippen molar-refractivity contribution in [3.05, 3.63) is 54.1 Å². The molecule has 0 atom stereocenters. The molecule has 2 aromatic carbocycles. The molecule has 5 heteroatoms. The van der Waals surface area contributed by atoms with Gasteiger partial charge in [-0.3, -0.25) is 9.59 Å². The van der Waals surface area contributed by atoms with Crippen LogP contribution < -0.4 is 15.0 Å². The fraction of sp³-hybridized carbons (Fsp3) is 0.333. The van der Waals surface area contributed by atoms with Crippen molar-refractivity contribution in [2.24, 2.45) is 5.41 Å². The Hall–Kier alpha value is -2.82. The Labute approximate surface area is 155 Å². The van der Waals surface area contributed by atoms with Crippen molar-refractivity contribution in [1.82, 2.24) is 0 Å². The van der Waals surface area contributed by atoms with Crippen molar-refractivity contribution in [2.45, 2.75) is 27.7 Å². The highest BCUT2D eigenvalue weighted by Gasteiger charge is 2.39. The quantitative estimate of drug-likeness (QED) is 0.797. The minimum atomic E-state index is -1.24. The van der Waals surface area contributed by atoms with Gasteiger partial charge in [-0.25, -0.2) is 0 Å². The normalized spacial score (nSPS) is 11.0. The number of hydrogen-bond acceptors (Lipinski definition) is 3. The molecule has 2 amide bonds. The summed E-state index contributed by atoms with van der Waals surface area (Å²) in [4.78, 5) is 27.6. The number of amides is 2. The lowest BCUT2D eigenvalue weighted by Gasteiger charge is -2.30. The van der Waals surface area contributed by atoms with Crippen molar-refractivity contribution in [3.63, 3.8) is 0 Å². The van der Waals surface area contributed by atoms with Crippen LogP contribution in [0, 0.1) is 12.3 Å². The molecule has 0 unspecified atom stereocenters. The Morgan fingerprint density at radius 2 is 1.77 bits per heavy atom. The van der Waals surface area contributed by atoms with Gasteiger partial charge < -0.3 is 15.0 Å². The number of nitrogens with one attached hydrogen (secondary N) is 1. The third-order valence-corrected chi connectivity index (χ3v) is 4.33. The van der Waals surface area contributed by atoms with Gasteiger partial charge in [0.1, 0.15) is 11.2 Å². The van der Waals surface area contributed by atoms with Gasteiger partial charge in [0.25, 0.3) is 0 Å². The molecule has 0 saturated heterocycles. The standard InChI is InChI=1S/C21H26N2O3/c1-6-23(16-10-8-7-9-11-16)20(25)21(3,4)19(24)22-17-14-15(2)12-13-18(17)26-5/h7-14H,6H2,1-5H3,(H,22,24). The molecule has 1 N–H and O–H groups in total. The average Bonchev–Trinajstić information content (AvgIpc) is 2.63. The molecule has 0 bridgehead atoms. The second-order valence-electron chi connectivity index (χ2n) is 6.67. The molecule has 0 saturated carbocycles. The van der Waals surface area contributed by atoms with Crippen LogP contribution >= 0.6 is 0 Å². The Kier molecular flexibility index (Phi) is 6.03. The number of hydrogen-bond donors (Lipinski definition) is 1. The summed E-state index contributed by atoms with van der Waals surface area (Å²) in [5.41, 5.74) is 1.08. The lowest BCUT2D eigenvalue weighted by atomic mass is 9.89. The first kappa shape index (κ1) is 19.5. The average molecular weight is 354 g/mol. The molecule has 2 aromatic rings. The molecular weight excluding hydrogens is 328 g/mol. The summed E-state index contributed by atoms with van der Waals surface area (Å²) >= 11 is 0. The van der Waals surface area contributed by atoms with Crippen molar-refractivity contribution >= 4 is 23.2 Å². The summed E-state index contributed by atoms with van der Waals surface area (Å²) in [7, 11) is 1.55. The number of aryl methyl sites for hydroxylation is 1. The summed E-state index contributed by atoms with van der Waals surface area (Å²) < 4.78 is 5.30. The van der Waals surface area contributed by atoms with Crippen LogP contribution in [-0.2, 0) is 9.59 Å². The van der Waals surface area contributed by atoms with Gasteiger partial charge in [-0.15, -0.1) is 0 Å². The van der Waals surface area contributed by atoms with Gasteiger partial charge in [0.05, 0.1) is 12.8 Å². The number of ether oxygens (including phenoxy) is 1. The smallest absolute Gasteiger partial charge is 0.242 e. The molecule has 0 fully saturated rings. The fourth-order valence-electron chi connectivity index (χ4n) is 2.68. The lowest BCUT2D eigenvalue weighted by molar-refractivity contribution is -0.136. The topological polar surface area (TPSA) is 58.6 Å². The third-order valence-electron chi connectivity index (χ3n) is 4.33. The Morgan fingerprint density at radius 3 is 2.35 bits per heavy atom. The molecule has 2 rings (SSSR count). The number of anilines is 2. The third kappa shape index (κ3) is 4.04. The van der Waals surface area contributed by atoms with Crippen LogP contribution in [0.3, 0.4) is 0 Å². The molecule has 0 aliphatic carbocycles. The number of benzene rings is 2. The van der Waals surface area contributed by atoms with Gasteiger partial charge in [-0.1, -0.05) is 24.3 Å². The summed E-state index contributed by atoms with van der Waals surface area (Å²) in [5.74, 6) is -0.0706. The summed E-state index contributed by atoms with van der Waals surface area (Å²) in [6.45, 7) is 7.58. The van der Waals surface area contributed by atoms with Crippen LogP contribution in [0.1, 0.15) is 26.3 Å². The second-order valence-corrected chi connectivity index (χ2v) is 6.67. The SMILES string of the molecule is CCN(C(=O)C(C)(C)C(=O)Nc1cc(C)ccc1OC)c1ccccc1. The number of carbonyl (C=O) groups is 2. The van der Waals surface area contributed by atoms with Crippen LogP contribution in [0.4, 0.5) is 11.4 Å². The lowest BCUT2D eigenvalue weighted by Crippen LogP contribution is -2.47. The molecule has 138 valence electrons. The molecule has 0 radical (unpaired) electrons. The van der Waals surface area contributed by atoms with Gasteiger partial charge in [-0.2, -0.15) is 0 Å². The first-order valence-electron chi connectivity index (χ1n) is 8.64. The van der Waals surface area contributed by atoms with E-state index in [2.05, 4.69) is 5.32 Å². The number of nitrogens with zero attached hydrogens (tertiary/aromatic N) is 1. The second kappa shape index (κ2) is 8.04. The molecule has 0 heterocycles. The maximum atomic E-state index is 13.1. The number of rotatable bonds is 6. The molecule has 0 aliphatic rings. The molecule has 0 aliphatic heterocycles. The van der Waals surface area contributed by atoms with E-state index < -0.39 is 5.41 Å². The summed E-state index contributed by atoms with van der Waals surface area (Å²) in [6.07, 6.45) is 0. The van der Waals surface area contributed by atoms with Crippen LogP contribution in [0.25, 0.3) is 0 Å². The largest absolute Gasteiger partial charge is 0.495 e. The zero-order chi connectivity index (χ0) is 19.3. The predicted octanol–water partition coefficient (Wildman–Crippen LogP) is 4.02. The minimum absolute atomic E-state index is 0.254. The van der Waals surface area contributed by atoms with Crippen molar-refractivity contribution in [3.8, 4) is 5.75 Å². The maximum absolute atomic E-state index is 13.1. The molecule has 26 heavy (non-hydrogen) atoms. The van der Waals surface area contributed by atoms with E-state index >= 15 is 0 Å². The summed E-state index contributed by atoms with van der Waals surface area (Å²) in [6, 6.07) is 14.9. The highest BCUT2D eigenvalue weighted by molar-refractivity contribution is 6.15. The minimum Gasteiger partial charge on any atom is -0.495 e. The number of para-hydroxylation sites is 1. The first-order valence-corrected chi connectivity index (χ1v) is 8.64. The molecule has 5 nitrogen and oxygen atoms in total. The maximum Gasteiger partial charge on any atom is 0.242 e. The first-order chi connectivity index (χ1) is 12.3. The predicted molar refractivity (Wildman–Crippen MR) is 105 cm³/mol. The molecular formula is C21H26N2O3. The number of methoxy groups -OCH3 is 1. The van der Waals surface area contributed by atoms with Gasteiger partial charge in [-0.05, 0) is 57.5 Å². The van der Waals surface area contributed by atoms with Crippen molar-refractivity contribution in [1.29, 1.82) is 0 Å². The van der Waals surface area contributed by atoms with Crippen LogP contribution in [0.5, 0.6) is 5.75 Å². The Balaban J connectivity index is 2.26. The number of carbonyl (C=O) groups excluding carboxylic acids is 2. The Bertz CT molecular complexity index is 785. The van der Waals surface area contributed by atoms with Crippen LogP contribution in [0.2, 0.25) is 0 Å². The van der Waals surface area contributed by atoms with Gasteiger partial charge >= 0.3 is 0 Å². The highest BCUT2D eigenvalue weighted by atomic mass is 16.5. The molecule has 0 spiro atoms. The van der Waals surface area contributed by atoms with E-state index in [-0.39, 0.29) is 11.8 Å². The Morgan fingerprint density at radius 1 is 1.12 bits per heavy atom. The van der Waals surface area contributed by atoms with E-state index in [9.17, 15) is 9.59 Å².